The molecule has 0 spiro atoms. The fourth-order valence-corrected chi connectivity index (χ4v) is 4.87. The Morgan fingerprint density at radius 3 is 2.54 bits per heavy atom. The largest absolute Gasteiger partial charge is 0.419 e. The van der Waals surface area contributed by atoms with Crippen LogP contribution in [0.25, 0.3) is 16.9 Å². The topological polar surface area (TPSA) is 117 Å². The van der Waals surface area contributed by atoms with E-state index >= 15 is 0 Å². The number of hydrogen-bond acceptors (Lipinski definition) is 7. The van der Waals surface area contributed by atoms with Gasteiger partial charge in [0.2, 0.25) is 16.0 Å². The monoisotopic (exact) mass is 525 g/mol. The van der Waals surface area contributed by atoms with Crippen LogP contribution in [-0.2, 0) is 16.2 Å². The molecule has 0 unspecified atom stereocenters. The summed E-state index contributed by atoms with van der Waals surface area (Å²) in [7, 11) is -3.30. The van der Waals surface area contributed by atoms with E-state index in [2.05, 4.69) is 20.4 Å². The van der Waals surface area contributed by atoms with Crippen LogP contribution < -0.4 is 5.32 Å². The van der Waals surface area contributed by atoms with Crippen molar-refractivity contribution < 1.29 is 21.6 Å². The van der Waals surface area contributed by atoms with Crippen LogP contribution in [0.15, 0.2) is 36.8 Å². The summed E-state index contributed by atoms with van der Waals surface area (Å²) >= 11 is 6.21. The molecule has 9 nitrogen and oxygen atoms in total. The predicted molar refractivity (Wildman–Crippen MR) is 122 cm³/mol. The maximum atomic E-state index is 13.7. The predicted octanol–water partition coefficient (Wildman–Crippen LogP) is 3.71. The van der Waals surface area contributed by atoms with Gasteiger partial charge < -0.3 is 5.32 Å². The number of nitriles is 1. The van der Waals surface area contributed by atoms with E-state index in [9.17, 15) is 21.6 Å². The van der Waals surface area contributed by atoms with Gasteiger partial charge in [0.25, 0.3) is 0 Å². The third kappa shape index (κ3) is 5.55. The van der Waals surface area contributed by atoms with Gasteiger partial charge in [-0.1, -0.05) is 11.6 Å². The first-order valence-corrected chi connectivity index (χ1v) is 12.6. The van der Waals surface area contributed by atoms with Crippen molar-refractivity contribution in [3.63, 3.8) is 0 Å². The number of piperidine rings is 1. The van der Waals surface area contributed by atoms with Crippen molar-refractivity contribution in [2.45, 2.75) is 25.1 Å². The number of rotatable bonds is 5. The molecule has 0 bridgehead atoms. The molecular weight excluding hydrogens is 507 g/mol. The number of benzene rings is 1. The lowest BCUT2D eigenvalue weighted by atomic mass is 10.1. The van der Waals surface area contributed by atoms with Gasteiger partial charge in [0.15, 0.2) is 0 Å². The van der Waals surface area contributed by atoms with Gasteiger partial charge in [-0.25, -0.2) is 27.4 Å². The Morgan fingerprint density at radius 1 is 1.23 bits per heavy atom. The van der Waals surface area contributed by atoms with Crippen LogP contribution in [0, 0.1) is 11.3 Å². The minimum Gasteiger partial charge on any atom is -0.351 e. The number of anilines is 1. The fourth-order valence-electron chi connectivity index (χ4n) is 3.73. The summed E-state index contributed by atoms with van der Waals surface area (Å²) in [5.74, 6) is -0.00467. The van der Waals surface area contributed by atoms with Crippen molar-refractivity contribution in [2.75, 3.05) is 24.7 Å². The van der Waals surface area contributed by atoms with Gasteiger partial charge in [-0.05, 0) is 31.0 Å². The second-order valence-electron chi connectivity index (χ2n) is 7.99. The number of nitrogens with zero attached hydrogens (tertiary/aromatic N) is 6. The van der Waals surface area contributed by atoms with Crippen LogP contribution >= 0.6 is 11.6 Å². The Hall–Kier alpha value is -3.21. The number of sulfonamides is 1. The van der Waals surface area contributed by atoms with Crippen LogP contribution in [0.5, 0.6) is 0 Å². The first-order chi connectivity index (χ1) is 16.5. The summed E-state index contributed by atoms with van der Waals surface area (Å²) in [4.78, 5) is 7.96. The lowest BCUT2D eigenvalue weighted by Gasteiger charge is -2.30. The number of alkyl halides is 3. The zero-order valence-electron chi connectivity index (χ0n) is 18.3. The van der Waals surface area contributed by atoms with E-state index in [1.165, 1.54) is 39.6 Å². The van der Waals surface area contributed by atoms with Crippen molar-refractivity contribution in [1.29, 1.82) is 5.26 Å². The Labute approximate surface area is 204 Å². The van der Waals surface area contributed by atoms with Gasteiger partial charge in [0.1, 0.15) is 5.56 Å². The van der Waals surface area contributed by atoms with Crippen LogP contribution in [0.3, 0.4) is 0 Å². The van der Waals surface area contributed by atoms with Crippen LogP contribution in [0.2, 0.25) is 5.02 Å². The summed E-state index contributed by atoms with van der Waals surface area (Å²) in [6, 6.07) is 6.25. The molecule has 1 aliphatic rings. The molecule has 1 saturated heterocycles. The zero-order valence-corrected chi connectivity index (χ0v) is 19.9. The fraction of sp³-hybridized carbons (Fsp3) is 0.333. The van der Waals surface area contributed by atoms with Gasteiger partial charge in [0, 0.05) is 37.1 Å². The highest BCUT2D eigenvalue weighted by molar-refractivity contribution is 7.88. The third-order valence-electron chi connectivity index (χ3n) is 5.53. The van der Waals surface area contributed by atoms with Crippen molar-refractivity contribution in [1.82, 2.24) is 24.1 Å². The first-order valence-electron chi connectivity index (χ1n) is 10.4. The molecule has 1 fully saturated rings. The van der Waals surface area contributed by atoms with Gasteiger partial charge in [-0.15, -0.1) is 0 Å². The normalized spacial score (nSPS) is 15.7. The van der Waals surface area contributed by atoms with Gasteiger partial charge in [-0.3, -0.25) is 0 Å². The smallest absolute Gasteiger partial charge is 0.351 e. The third-order valence-corrected chi connectivity index (χ3v) is 7.14. The van der Waals surface area contributed by atoms with Crippen LogP contribution in [-0.4, -0.2) is 57.9 Å². The number of aromatic nitrogens is 4. The second kappa shape index (κ2) is 9.44. The highest BCUT2D eigenvalue weighted by Gasteiger charge is 2.36. The molecule has 0 saturated carbocycles. The Morgan fingerprint density at radius 2 is 1.94 bits per heavy atom. The van der Waals surface area contributed by atoms with Crippen molar-refractivity contribution in [3.8, 4) is 23.0 Å². The quantitative estimate of drug-likeness (QED) is 0.539. The molecule has 4 rings (SSSR count). The average Bonchev–Trinajstić information content (AvgIpc) is 3.28. The van der Waals surface area contributed by atoms with Gasteiger partial charge in [-0.2, -0.15) is 23.5 Å². The van der Waals surface area contributed by atoms with E-state index in [4.69, 9.17) is 16.9 Å². The Balaban J connectivity index is 1.62. The highest BCUT2D eigenvalue weighted by atomic mass is 35.5. The molecule has 2 aromatic heterocycles. The van der Waals surface area contributed by atoms with Gasteiger partial charge >= 0.3 is 6.18 Å². The lowest BCUT2D eigenvalue weighted by Crippen LogP contribution is -2.42. The Bertz CT molecular complexity index is 1390. The summed E-state index contributed by atoms with van der Waals surface area (Å²) in [5.41, 5.74) is -0.579. The molecule has 3 heterocycles. The standard InChI is InChI=1S/C21H19ClF3N7O2S/c1-35(33,34)31-6-4-15(5-7-31)29-20-27-11-16(21(23,24)25)19(30-20)14-10-28-32(12-14)18-3-2-13(9-26)8-17(18)22/h2-3,8,10-12,15H,4-7H2,1H3,(H,27,29,30). The summed E-state index contributed by atoms with van der Waals surface area (Å²) < 4.78 is 67.2. The van der Waals surface area contributed by atoms with Crippen molar-refractivity contribution in [3.05, 3.63) is 52.9 Å². The summed E-state index contributed by atoms with van der Waals surface area (Å²) in [5, 5.41) is 16.3. The summed E-state index contributed by atoms with van der Waals surface area (Å²) in [6.07, 6.45) is 0.659. The van der Waals surface area contributed by atoms with E-state index in [1.807, 2.05) is 6.07 Å². The molecule has 1 aromatic carbocycles. The number of nitrogens with one attached hydrogen (secondary N) is 1. The van der Waals surface area contributed by atoms with E-state index in [-0.39, 0.29) is 28.3 Å². The Kier molecular flexibility index (Phi) is 6.72. The highest BCUT2D eigenvalue weighted by Crippen LogP contribution is 2.36. The molecule has 0 radical (unpaired) electrons. The minimum absolute atomic E-state index is 0.00467. The molecule has 0 amide bonds. The van der Waals surface area contributed by atoms with E-state index in [0.717, 1.165) is 6.26 Å². The van der Waals surface area contributed by atoms with Crippen molar-refractivity contribution >= 4 is 27.6 Å². The number of halogens is 4. The molecule has 0 aliphatic carbocycles. The summed E-state index contributed by atoms with van der Waals surface area (Å²) in [6.45, 7) is 0.588. The SMILES string of the molecule is CS(=O)(=O)N1CCC(Nc2ncc(C(F)(F)F)c(-c3cnn(-c4ccc(C#N)cc4Cl)c3)n2)CC1. The molecule has 3 aromatic rings. The molecule has 184 valence electrons. The molecule has 1 N–H and O–H groups in total. The maximum absolute atomic E-state index is 13.7. The zero-order chi connectivity index (χ0) is 25.4. The van der Waals surface area contributed by atoms with Crippen LogP contribution in [0.1, 0.15) is 24.0 Å². The van der Waals surface area contributed by atoms with Crippen LogP contribution in [0.4, 0.5) is 19.1 Å². The molecule has 14 heteroatoms. The number of hydrogen-bond donors (Lipinski definition) is 1. The molecule has 0 atom stereocenters. The van der Waals surface area contributed by atoms with E-state index in [0.29, 0.717) is 43.4 Å². The van der Waals surface area contributed by atoms with E-state index < -0.39 is 21.8 Å². The molecule has 1 aliphatic heterocycles. The maximum Gasteiger partial charge on any atom is 0.419 e. The minimum atomic E-state index is -4.71. The molecule has 35 heavy (non-hydrogen) atoms. The first kappa shape index (κ1) is 24.9. The van der Waals surface area contributed by atoms with Gasteiger partial charge in [0.05, 0.1) is 40.5 Å². The van der Waals surface area contributed by atoms with E-state index in [1.54, 1.807) is 0 Å². The molecular formula is C21H19ClF3N7O2S. The lowest BCUT2D eigenvalue weighted by molar-refractivity contribution is -0.137. The average molecular weight is 526 g/mol. The van der Waals surface area contributed by atoms with Crippen molar-refractivity contribution in [2.24, 2.45) is 0 Å². The second-order valence-corrected chi connectivity index (χ2v) is 10.4.